The van der Waals surface area contributed by atoms with E-state index in [4.69, 9.17) is 21.1 Å². The highest BCUT2D eigenvalue weighted by Crippen LogP contribution is 2.44. The van der Waals surface area contributed by atoms with Gasteiger partial charge in [0.1, 0.15) is 17.1 Å². The second-order valence-corrected chi connectivity index (χ2v) is 10.2. The summed E-state index contributed by atoms with van der Waals surface area (Å²) in [6.45, 7) is 1.25. The maximum Gasteiger partial charge on any atom is 0.354 e. The summed E-state index contributed by atoms with van der Waals surface area (Å²) >= 11 is 6.82. The monoisotopic (exact) mass is 547 g/mol. The zero-order valence-electron chi connectivity index (χ0n) is 20.9. The van der Waals surface area contributed by atoms with Crippen LogP contribution in [0.5, 0.6) is 0 Å². The minimum atomic E-state index is -1.38. The van der Waals surface area contributed by atoms with Crippen LogP contribution in [0.1, 0.15) is 42.1 Å². The van der Waals surface area contributed by atoms with Gasteiger partial charge in [0.2, 0.25) is 5.43 Å². The van der Waals surface area contributed by atoms with Gasteiger partial charge in [-0.15, -0.1) is 0 Å². The van der Waals surface area contributed by atoms with E-state index < -0.39 is 34.7 Å². The number of carbonyl (C=O) groups is 3. The molecule has 0 bridgehead atoms. The number of pyridine rings is 1. The molecule has 0 unspecified atom stereocenters. The smallest absolute Gasteiger partial charge is 0.354 e. The predicted octanol–water partition coefficient (Wildman–Crippen LogP) is 2.96. The maximum atomic E-state index is 15.6. The summed E-state index contributed by atoms with van der Waals surface area (Å²) < 4.78 is 26.9. The molecular weight excluding hydrogens is 521 g/mol. The fraction of sp³-hybridized carbons (Fsp3) is 0.462. The standard InChI is InChI=1S/C26H27ClFN3O7/c1-37-20(32)9-18(26(36)38-2)30-7-3-4-13-10-29(12-19(13)30)23-17(28)8-15-22(21(23)27)31(14-5-6-14)11-16(24(15)33)25(34)35/h8-9,11,13-14,19H,3-7,10,12H2,1-2H3,(H,34,35)/b18-9-/t13-,19+/m0/s1. The van der Waals surface area contributed by atoms with Gasteiger partial charge in [-0.05, 0) is 37.7 Å². The van der Waals surface area contributed by atoms with Crippen LogP contribution in [0.25, 0.3) is 10.9 Å². The van der Waals surface area contributed by atoms with Crippen molar-refractivity contribution in [1.82, 2.24) is 9.47 Å². The van der Waals surface area contributed by atoms with E-state index in [1.54, 1.807) is 9.47 Å². The van der Waals surface area contributed by atoms with Crippen LogP contribution < -0.4 is 10.3 Å². The lowest BCUT2D eigenvalue weighted by Gasteiger charge is -2.38. The number of ether oxygens (including phenoxy) is 2. The number of likely N-dealkylation sites (tertiary alicyclic amines) is 1. The molecule has 0 amide bonds. The Hall–Kier alpha value is -3.60. The topological polar surface area (TPSA) is 118 Å². The number of aromatic nitrogens is 1. The van der Waals surface area contributed by atoms with Crippen molar-refractivity contribution in [3.8, 4) is 0 Å². The number of rotatable bonds is 6. The number of methoxy groups -OCH3 is 2. The molecule has 10 nitrogen and oxygen atoms in total. The molecule has 2 atom stereocenters. The average Bonchev–Trinajstić information content (AvgIpc) is 3.65. The molecule has 0 spiro atoms. The second kappa shape index (κ2) is 9.94. The van der Waals surface area contributed by atoms with Crippen molar-refractivity contribution in [3.05, 3.63) is 50.7 Å². The number of carbonyl (C=O) groups excluding carboxylic acids is 2. The van der Waals surface area contributed by atoms with Crippen molar-refractivity contribution in [2.75, 3.05) is 38.8 Å². The van der Waals surface area contributed by atoms with Gasteiger partial charge in [0, 0.05) is 31.9 Å². The molecule has 202 valence electrons. The molecule has 5 rings (SSSR count). The normalized spacial score (nSPS) is 21.4. The number of hydrogen-bond acceptors (Lipinski definition) is 8. The zero-order chi connectivity index (χ0) is 27.3. The van der Waals surface area contributed by atoms with E-state index in [0.717, 1.165) is 37.8 Å². The summed E-state index contributed by atoms with van der Waals surface area (Å²) in [6.07, 6.45) is 5.57. The number of carboxylic acids is 1. The average molecular weight is 548 g/mol. The van der Waals surface area contributed by atoms with Gasteiger partial charge in [-0.3, -0.25) is 4.79 Å². The van der Waals surface area contributed by atoms with Gasteiger partial charge in [0.25, 0.3) is 0 Å². The number of esters is 2. The largest absolute Gasteiger partial charge is 0.477 e. The third-order valence-corrected chi connectivity index (χ3v) is 7.97. The molecule has 1 aromatic heterocycles. The Balaban J connectivity index is 1.57. The molecule has 2 saturated heterocycles. The molecule has 3 aliphatic rings. The summed E-state index contributed by atoms with van der Waals surface area (Å²) in [6, 6.07) is 0.820. The lowest BCUT2D eigenvalue weighted by molar-refractivity contribution is -0.140. The van der Waals surface area contributed by atoms with Crippen molar-refractivity contribution in [2.45, 2.75) is 37.8 Å². The lowest BCUT2D eigenvalue weighted by atomic mass is 9.91. The summed E-state index contributed by atoms with van der Waals surface area (Å²) in [5, 5.41) is 9.49. The van der Waals surface area contributed by atoms with Crippen molar-refractivity contribution in [2.24, 2.45) is 5.92 Å². The van der Waals surface area contributed by atoms with Crippen LogP contribution in [-0.4, -0.2) is 72.4 Å². The molecule has 2 aliphatic heterocycles. The van der Waals surface area contributed by atoms with Crippen LogP contribution in [0.15, 0.2) is 28.8 Å². The minimum Gasteiger partial charge on any atom is -0.477 e. The number of anilines is 1. The molecule has 1 aromatic carbocycles. The first-order valence-electron chi connectivity index (χ1n) is 12.4. The van der Waals surface area contributed by atoms with E-state index >= 15 is 4.39 Å². The molecule has 1 N–H and O–H groups in total. The van der Waals surface area contributed by atoms with Crippen LogP contribution in [0, 0.1) is 11.7 Å². The van der Waals surface area contributed by atoms with E-state index in [1.807, 2.05) is 4.90 Å². The van der Waals surface area contributed by atoms with Crippen molar-refractivity contribution in [1.29, 1.82) is 0 Å². The fourth-order valence-electron chi connectivity index (χ4n) is 5.71. The lowest BCUT2D eigenvalue weighted by Crippen LogP contribution is -2.46. The molecule has 0 radical (unpaired) electrons. The molecule has 2 aromatic rings. The Labute approximate surface area is 222 Å². The number of piperidine rings is 1. The van der Waals surface area contributed by atoms with E-state index in [0.29, 0.717) is 25.2 Å². The number of halogens is 2. The first kappa shape index (κ1) is 26.0. The first-order valence-corrected chi connectivity index (χ1v) is 12.7. The number of aromatic carboxylic acids is 1. The first-order chi connectivity index (χ1) is 18.2. The quantitative estimate of drug-likeness (QED) is 0.430. The molecule has 1 aliphatic carbocycles. The van der Waals surface area contributed by atoms with Gasteiger partial charge in [0.05, 0.1) is 48.0 Å². The van der Waals surface area contributed by atoms with Gasteiger partial charge in [-0.2, -0.15) is 0 Å². The second-order valence-electron chi connectivity index (χ2n) is 9.84. The van der Waals surface area contributed by atoms with Gasteiger partial charge >= 0.3 is 17.9 Å². The minimum absolute atomic E-state index is 0.0188. The number of benzene rings is 1. The fourth-order valence-corrected chi connectivity index (χ4v) is 6.12. The Morgan fingerprint density at radius 2 is 1.89 bits per heavy atom. The highest BCUT2D eigenvalue weighted by Gasteiger charge is 2.43. The number of hydrogen-bond donors (Lipinski definition) is 1. The third-order valence-electron chi connectivity index (χ3n) is 7.61. The Kier molecular flexibility index (Phi) is 6.81. The Bertz CT molecular complexity index is 1430. The highest BCUT2D eigenvalue weighted by molar-refractivity contribution is 6.38. The molecule has 3 fully saturated rings. The van der Waals surface area contributed by atoms with Crippen molar-refractivity contribution >= 4 is 46.1 Å². The van der Waals surface area contributed by atoms with Crippen LogP contribution in [0.2, 0.25) is 5.02 Å². The summed E-state index contributed by atoms with van der Waals surface area (Å²) in [4.78, 5) is 52.7. The molecule has 38 heavy (non-hydrogen) atoms. The summed E-state index contributed by atoms with van der Waals surface area (Å²) in [5.74, 6) is -3.43. The van der Waals surface area contributed by atoms with Crippen LogP contribution in [-0.2, 0) is 19.1 Å². The zero-order valence-corrected chi connectivity index (χ0v) is 21.7. The van der Waals surface area contributed by atoms with E-state index in [2.05, 4.69) is 0 Å². The Morgan fingerprint density at radius 1 is 1.16 bits per heavy atom. The Morgan fingerprint density at radius 3 is 2.53 bits per heavy atom. The van der Waals surface area contributed by atoms with E-state index in [-0.39, 0.29) is 39.8 Å². The van der Waals surface area contributed by atoms with Gasteiger partial charge in [0.15, 0.2) is 0 Å². The van der Waals surface area contributed by atoms with Crippen LogP contribution in [0.4, 0.5) is 10.1 Å². The molecule has 1 saturated carbocycles. The molecular formula is C26H27ClFN3O7. The predicted molar refractivity (Wildman–Crippen MR) is 136 cm³/mol. The number of nitrogens with zero attached hydrogens (tertiary/aromatic N) is 3. The summed E-state index contributed by atoms with van der Waals surface area (Å²) in [7, 11) is 2.45. The molecule has 12 heteroatoms. The third kappa shape index (κ3) is 4.38. The van der Waals surface area contributed by atoms with E-state index in [1.165, 1.54) is 20.4 Å². The van der Waals surface area contributed by atoms with Crippen molar-refractivity contribution in [3.63, 3.8) is 0 Å². The van der Waals surface area contributed by atoms with Crippen LogP contribution in [0.3, 0.4) is 0 Å². The van der Waals surface area contributed by atoms with E-state index in [9.17, 15) is 24.3 Å². The molecule has 3 heterocycles. The van der Waals surface area contributed by atoms with Gasteiger partial charge in [-0.1, -0.05) is 11.6 Å². The van der Waals surface area contributed by atoms with Gasteiger partial charge in [-0.25, -0.2) is 18.8 Å². The number of carboxylic acid groups (broad SMARTS) is 1. The highest BCUT2D eigenvalue weighted by atomic mass is 35.5. The van der Waals surface area contributed by atoms with Crippen LogP contribution >= 0.6 is 11.6 Å². The van der Waals surface area contributed by atoms with Gasteiger partial charge < -0.3 is 28.9 Å². The summed E-state index contributed by atoms with van der Waals surface area (Å²) in [5.41, 5.74) is -0.697. The van der Waals surface area contributed by atoms with Crippen molar-refractivity contribution < 1.29 is 33.4 Å². The SMILES string of the molecule is COC(=O)/C=C(/C(=O)OC)N1CCC[C@H]2CN(c3c(F)cc4c(=O)c(C(=O)O)cn(C5CC5)c4c3Cl)C[C@H]21. The number of fused-ring (bicyclic) bond motifs is 2. The maximum absolute atomic E-state index is 15.6.